The summed E-state index contributed by atoms with van der Waals surface area (Å²) in [6.07, 6.45) is 0. The summed E-state index contributed by atoms with van der Waals surface area (Å²) in [7, 11) is 8.64. The predicted octanol–water partition coefficient (Wildman–Crippen LogP) is 4.73. The number of alkyl halides is 1. The van der Waals surface area contributed by atoms with Crippen molar-refractivity contribution in [2.24, 2.45) is 0 Å². The van der Waals surface area contributed by atoms with Crippen molar-refractivity contribution in [3.05, 3.63) is 40.7 Å². The van der Waals surface area contributed by atoms with E-state index in [1.54, 1.807) is 37.3 Å². The number of methoxy groups -OCH3 is 3. The highest BCUT2D eigenvalue weighted by atomic mass is 35.5. The first-order chi connectivity index (χ1) is 17.7. The number of aromatic amines is 2. The normalized spacial score (nSPS) is 15.1. The first-order valence-electron chi connectivity index (χ1n) is 11.9. The van der Waals surface area contributed by atoms with Gasteiger partial charge < -0.3 is 39.1 Å². The van der Waals surface area contributed by atoms with Crippen molar-refractivity contribution in [2.75, 3.05) is 52.7 Å². The first kappa shape index (κ1) is 25.1. The molecule has 10 heteroatoms. The number of halogens is 1. The smallest absolute Gasteiger partial charge is 0.274 e. The number of hydrogen-bond acceptors (Lipinski definition) is 6. The Balaban J connectivity index is 1.66. The molecule has 2 aromatic carbocycles. The van der Waals surface area contributed by atoms with E-state index in [9.17, 15) is 9.90 Å². The number of H-pyrrole nitrogens is 2. The van der Waals surface area contributed by atoms with Crippen LogP contribution in [0, 0.1) is 6.92 Å². The molecular weight excluding hydrogens is 496 g/mol. The molecule has 0 bridgehead atoms. The van der Waals surface area contributed by atoms with Gasteiger partial charge in [-0.2, -0.15) is 0 Å². The fourth-order valence-electron chi connectivity index (χ4n) is 5.44. The molecule has 3 heterocycles. The van der Waals surface area contributed by atoms with E-state index in [2.05, 4.69) is 14.9 Å². The van der Waals surface area contributed by atoms with E-state index in [0.29, 0.717) is 58.6 Å². The van der Waals surface area contributed by atoms with Crippen LogP contribution in [0.2, 0.25) is 0 Å². The maximum atomic E-state index is 13.9. The van der Waals surface area contributed by atoms with E-state index in [1.165, 1.54) is 7.11 Å². The van der Waals surface area contributed by atoms with Gasteiger partial charge in [0, 0.05) is 47.4 Å². The number of carbonyl (C=O) groups is 1. The summed E-state index contributed by atoms with van der Waals surface area (Å²) in [5, 5.41) is 12.7. The number of hydrogen-bond donors (Lipinski definition) is 3. The second-order valence-corrected chi connectivity index (χ2v) is 9.91. The Morgan fingerprint density at radius 2 is 1.84 bits per heavy atom. The summed E-state index contributed by atoms with van der Waals surface area (Å²) in [6, 6.07) is 5.23. The number of fused-ring (bicyclic) bond motifs is 4. The zero-order chi connectivity index (χ0) is 26.6. The van der Waals surface area contributed by atoms with Crippen LogP contribution in [0.1, 0.15) is 33.2 Å². The van der Waals surface area contributed by atoms with Crippen LogP contribution in [0.5, 0.6) is 23.0 Å². The number of aryl methyl sites for hydroxylation is 1. The quantitative estimate of drug-likeness (QED) is 0.301. The van der Waals surface area contributed by atoms with Gasteiger partial charge in [0.2, 0.25) is 5.75 Å². The monoisotopic (exact) mass is 526 g/mol. The minimum atomic E-state index is -0.231. The molecule has 0 aliphatic carbocycles. The van der Waals surface area contributed by atoms with Crippen molar-refractivity contribution < 1.29 is 24.1 Å². The largest absolute Gasteiger partial charge is 0.506 e. The van der Waals surface area contributed by atoms with Crippen molar-refractivity contribution in [1.82, 2.24) is 14.9 Å². The molecule has 9 nitrogen and oxygen atoms in total. The average molecular weight is 527 g/mol. The van der Waals surface area contributed by atoms with Crippen LogP contribution in [0.4, 0.5) is 5.69 Å². The lowest BCUT2D eigenvalue weighted by Crippen LogP contribution is -2.30. The summed E-state index contributed by atoms with van der Waals surface area (Å²) in [4.78, 5) is 24.2. The molecule has 196 valence electrons. The third-order valence-corrected chi connectivity index (χ3v) is 7.42. The Kier molecular flexibility index (Phi) is 6.37. The van der Waals surface area contributed by atoms with E-state index in [1.807, 2.05) is 21.0 Å². The van der Waals surface area contributed by atoms with Gasteiger partial charge in [-0.15, -0.1) is 11.6 Å². The Morgan fingerprint density at radius 1 is 1.11 bits per heavy atom. The van der Waals surface area contributed by atoms with Crippen LogP contribution in [0.3, 0.4) is 0 Å². The number of phenols is 1. The molecule has 0 fully saturated rings. The van der Waals surface area contributed by atoms with Gasteiger partial charge in [0.05, 0.1) is 38.1 Å². The number of aromatic hydroxyl groups is 1. The minimum absolute atomic E-state index is 0.0843. The van der Waals surface area contributed by atoms with Crippen molar-refractivity contribution in [1.29, 1.82) is 0 Å². The fraction of sp³-hybridized carbons (Fsp3) is 0.370. The van der Waals surface area contributed by atoms with Crippen LogP contribution in [0.15, 0.2) is 18.2 Å². The predicted molar refractivity (Wildman–Crippen MR) is 145 cm³/mol. The second kappa shape index (κ2) is 9.39. The van der Waals surface area contributed by atoms with Gasteiger partial charge in [-0.05, 0) is 44.3 Å². The van der Waals surface area contributed by atoms with Crippen LogP contribution < -0.4 is 19.1 Å². The summed E-state index contributed by atoms with van der Waals surface area (Å²) < 4.78 is 16.5. The Hall–Kier alpha value is -3.56. The van der Waals surface area contributed by atoms with E-state index < -0.39 is 0 Å². The molecule has 37 heavy (non-hydrogen) atoms. The van der Waals surface area contributed by atoms with Crippen LogP contribution >= 0.6 is 11.6 Å². The highest BCUT2D eigenvalue weighted by Gasteiger charge is 2.37. The highest BCUT2D eigenvalue weighted by molar-refractivity contribution is 6.19. The summed E-state index contributed by atoms with van der Waals surface area (Å²) in [6.45, 7) is 3.09. The van der Waals surface area contributed by atoms with Crippen molar-refractivity contribution in [3.63, 3.8) is 0 Å². The number of rotatable bonds is 7. The maximum absolute atomic E-state index is 13.9. The van der Waals surface area contributed by atoms with Crippen LogP contribution in [0.25, 0.3) is 21.8 Å². The molecule has 1 aliphatic rings. The Bertz CT molecular complexity index is 1520. The number of carbonyl (C=O) groups excluding carboxylic acids is 1. The third-order valence-electron chi connectivity index (χ3n) is 7.05. The maximum Gasteiger partial charge on any atom is 0.274 e. The minimum Gasteiger partial charge on any atom is -0.506 e. The van der Waals surface area contributed by atoms with E-state index in [4.69, 9.17) is 25.8 Å². The van der Waals surface area contributed by atoms with Crippen molar-refractivity contribution in [2.45, 2.75) is 19.4 Å². The molecular formula is C27H31ClN4O5. The molecule has 0 radical (unpaired) electrons. The van der Waals surface area contributed by atoms with E-state index in [-0.39, 0.29) is 17.6 Å². The van der Waals surface area contributed by atoms with Gasteiger partial charge in [0.1, 0.15) is 11.4 Å². The topological polar surface area (TPSA) is 103 Å². The van der Waals surface area contributed by atoms with E-state index >= 15 is 0 Å². The van der Waals surface area contributed by atoms with Gasteiger partial charge in [-0.25, -0.2) is 0 Å². The Labute approximate surface area is 219 Å². The van der Waals surface area contributed by atoms with Crippen molar-refractivity contribution >= 4 is 45.0 Å². The summed E-state index contributed by atoms with van der Waals surface area (Å²) in [5.41, 5.74) is 5.40. The summed E-state index contributed by atoms with van der Waals surface area (Å²) >= 11 is 6.45. The van der Waals surface area contributed by atoms with Crippen LogP contribution in [-0.2, 0) is 6.54 Å². The molecule has 0 spiro atoms. The van der Waals surface area contributed by atoms with Gasteiger partial charge in [-0.1, -0.05) is 0 Å². The number of phenolic OH excluding ortho intramolecular Hbond substituents is 1. The number of aromatic nitrogens is 2. The van der Waals surface area contributed by atoms with E-state index in [0.717, 1.165) is 27.6 Å². The van der Waals surface area contributed by atoms with Gasteiger partial charge in [-0.3, -0.25) is 4.79 Å². The zero-order valence-corrected chi connectivity index (χ0v) is 22.5. The number of benzene rings is 2. The number of nitrogens with zero attached hydrogens (tertiary/aromatic N) is 2. The molecule has 2 aromatic heterocycles. The third kappa shape index (κ3) is 3.84. The highest BCUT2D eigenvalue weighted by Crippen LogP contribution is 2.48. The molecule has 3 N–H and O–H groups in total. The number of amides is 1. The molecule has 0 saturated carbocycles. The molecule has 1 amide bonds. The fourth-order valence-corrected chi connectivity index (χ4v) is 5.70. The molecule has 1 atom stereocenters. The SMILES string of the molecule is COc1cc2cc(C(=O)N3C[C@@H](CCl)c4c3cc(O)c3[nH]c(C)c(CN(C)C)c43)[nH]c2c(OC)c1OC. The first-order valence-corrected chi connectivity index (χ1v) is 12.5. The van der Waals surface area contributed by atoms with Gasteiger partial charge >= 0.3 is 0 Å². The second-order valence-electron chi connectivity index (χ2n) is 9.60. The molecule has 0 saturated heterocycles. The van der Waals surface area contributed by atoms with Gasteiger partial charge in [0.15, 0.2) is 11.5 Å². The molecule has 1 aliphatic heterocycles. The lowest BCUT2D eigenvalue weighted by Gasteiger charge is -2.17. The molecule has 0 unspecified atom stereocenters. The van der Waals surface area contributed by atoms with Crippen LogP contribution in [-0.4, -0.2) is 73.7 Å². The van der Waals surface area contributed by atoms with Gasteiger partial charge in [0.25, 0.3) is 5.91 Å². The number of ether oxygens (including phenoxy) is 3. The van der Waals surface area contributed by atoms with Crippen molar-refractivity contribution in [3.8, 4) is 23.0 Å². The number of anilines is 1. The lowest BCUT2D eigenvalue weighted by molar-refractivity contribution is 0.0984. The molecule has 4 aromatic rings. The Morgan fingerprint density at radius 3 is 2.46 bits per heavy atom. The number of nitrogens with one attached hydrogen (secondary N) is 2. The standard InChI is InChI=1S/C27H31ClN4O5/c1-13-16(12-31(2)3)22-21-15(10-28)11-32(18(21)9-19(33)24(22)29-13)27(34)17-7-14-8-20(35-4)25(36-5)26(37-6)23(14)30-17/h7-9,15,29-30,33H,10-12H2,1-6H3/t15-/m1/s1. The summed E-state index contributed by atoms with van der Waals surface area (Å²) in [5.74, 6) is 1.52. The molecule has 5 rings (SSSR count). The average Bonchev–Trinajstić information content (AvgIpc) is 3.55. The lowest BCUT2D eigenvalue weighted by atomic mass is 9.95. The zero-order valence-electron chi connectivity index (χ0n) is 21.8.